The number of carbonyl (C=O) groups is 1. The van der Waals surface area contributed by atoms with E-state index >= 15 is 0 Å². The highest BCUT2D eigenvalue weighted by Gasteiger charge is 2.11. The van der Waals surface area contributed by atoms with Crippen molar-refractivity contribution in [2.24, 2.45) is 5.10 Å². The Morgan fingerprint density at radius 3 is 2.32 bits per heavy atom. The molecule has 0 fully saturated rings. The van der Waals surface area contributed by atoms with Crippen molar-refractivity contribution in [1.82, 2.24) is 5.43 Å². The molecule has 0 saturated carbocycles. The van der Waals surface area contributed by atoms with Gasteiger partial charge in [0, 0.05) is 14.3 Å². The topological polar surface area (TPSA) is 50.7 Å². The summed E-state index contributed by atoms with van der Waals surface area (Å²) in [6.07, 6.45) is 1.61. The minimum absolute atomic E-state index is 0.332. The van der Waals surface area contributed by atoms with Crippen molar-refractivity contribution in [2.45, 2.75) is 16.7 Å². The number of hydrazone groups is 1. The first-order valence-corrected chi connectivity index (χ1v) is 10.2. The summed E-state index contributed by atoms with van der Waals surface area (Å²) in [6.45, 7) is 2.08. The van der Waals surface area contributed by atoms with Crippen LogP contribution in [-0.2, 0) is 0 Å². The second-order valence-corrected chi connectivity index (χ2v) is 8.09. The van der Waals surface area contributed by atoms with E-state index in [9.17, 15) is 4.79 Å². The van der Waals surface area contributed by atoms with Crippen LogP contribution in [0.25, 0.3) is 0 Å². The molecular weight excluding hydrogens is 436 g/mol. The molecule has 3 rings (SSSR count). The van der Waals surface area contributed by atoms with Gasteiger partial charge in [0.25, 0.3) is 5.91 Å². The van der Waals surface area contributed by atoms with E-state index < -0.39 is 0 Å². The van der Waals surface area contributed by atoms with Crippen LogP contribution in [-0.4, -0.2) is 19.2 Å². The highest BCUT2D eigenvalue weighted by molar-refractivity contribution is 9.10. The van der Waals surface area contributed by atoms with E-state index in [-0.39, 0.29) is 5.91 Å². The smallest absolute Gasteiger partial charge is 0.275 e. The summed E-state index contributed by atoms with van der Waals surface area (Å²) < 4.78 is 6.01. The Hall–Kier alpha value is -2.57. The SMILES string of the molecule is COc1ccc(Br)cc1C(=O)N/N=C\c1ccc(Sc2ccc(C)cc2)cc1. The van der Waals surface area contributed by atoms with Crippen molar-refractivity contribution >= 4 is 39.8 Å². The number of aryl methyl sites for hydroxylation is 1. The number of benzene rings is 3. The lowest BCUT2D eigenvalue weighted by Gasteiger charge is -2.07. The molecule has 3 aromatic carbocycles. The van der Waals surface area contributed by atoms with Gasteiger partial charge in [0.15, 0.2) is 0 Å². The van der Waals surface area contributed by atoms with Crippen molar-refractivity contribution in [1.29, 1.82) is 0 Å². The van der Waals surface area contributed by atoms with Crippen LogP contribution in [0, 0.1) is 6.92 Å². The van der Waals surface area contributed by atoms with Gasteiger partial charge in [-0.05, 0) is 55.0 Å². The van der Waals surface area contributed by atoms with Crippen molar-refractivity contribution < 1.29 is 9.53 Å². The molecule has 0 atom stereocenters. The zero-order chi connectivity index (χ0) is 19.9. The number of amides is 1. The van der Waals surface area contributed by atoms with Gasteiger partial charge in [0.2, 0.25) is 0 Å². The fourth-order valence-corrected chi connectivity index (χ4v) is 3.63. The van der Waals surface area contributed by atoms with Gasteiger partial charge in [-0.1, -0.05) is 57.5 Å². The van der Waals surface area contributed by atoms with Gasteiger partial charge in [-0.3, -0.25) is 4.79 Å². The largest absolute Gasteiger partial charge is 0.496 e. The fourth-order valence-electron chi connectivity index (χ4n) is 2.45. The number of hydrogen-bond donors (Lipinski definition) is 1. The highest BCUT2D eigenvalue weighted by Crippen LogP contribution is 2.27. The lowest BCUT2D eigenvalue weighted by Crippen LogP contribution is -2.18. The van der Waals surface area contributed by atoms with E-state index in [2.05, 4.69) is 57.6 Å². The lowest BCUT2D eigenvalue weighted by atomic mass is 10.2. The Morgan fingerprint density at radius 2 is 1.68 bits per heavy atom. The van der Waals surface area contributed by atoms with Crippen LogP contribution in [0.2, 0.25) is 0 Å². The van der Waals surface area contributed by atoms with E-state index in [4.69, 9.17) is 4.74 Å². The van der Waals surface area contributed by atoms with Crippen molar-refractivity contribution in [3.05, 3.63) is 87.9 Å². The molecule has 0 radical (unpaired) electrons. The molecule has 0 aliphatic carbocycles. The average Bonchev–Trinajstić information content (AvgIpc) is 2.71. The van der Waals surface area contributed by atoms with Gasteiger partial charge in [-0.2, -0.15) is 5.10 Å². The molecule has 0 heterocycles. The normalized spacial score (nSPS) is 10.8. The quantitative estimate of drug-likeness (QED) is 0.384. The molecule has 142 valence electrons. The molecule has 0 spiro atoms. The molecule has 3 aromatic rings. The van der Waals surface area contributed by atoms with Gasteiger partial charge in [-0.25, -0.2) is 5.43 Å². The van der Waals surface area contributed by atoms with E-state index in [0.29, 0.717) is 11.3 Å². The van der Waals surface area contributed by atoms with Gasteiger partial charge >= 0.3 is 0 Å². The summed E-state index contributed by atoms with van der Waals surface area (Å²) in [5, 5.41) is 4.04. The van der Waals surface area contributed by atoms with E-state index in [1.54, 1.807) is 30.1 Å². The Morgan fingerprint density at radius 1 is 1.04 bits per heavy atom. The Balaban J connectivity index is 1.61. The highest BCUT2D eigenvalue weighted by atomic mass is 79.9. The molecule has 0 unspecified atom stereocenters. The Bertz CT molecular complexity index is 986. The molecule has 0 saturated heterocycles. The summed E-state index contributed by atoms with van der Waals surface area (Å²) in [7, 11) is 1.53. The average molecular weight is 455 g/mol. The lowest BCUT2D eigenvalue weighted by molar-refractivity contribution is 0.0952. The van der Waals surface area contributed by atoms with Crippen molar-refractivity contribution in [3.63, 3.8) is 0 Å². The summed E-state index contributed by atoms with van der Waals surface area (Å²) in [5.74, 6) is 0.161. The van der Waals surface area contributed by atoms with Crippen LogP contribution in [0.15, 0.2) is 86.1 Å². The monoisotopic (exact) mass is 454 g/mol. The Kier molecular flexibility index (Phi) is 6.90. The van der Waals surface area contributed by atoms with E-state index in [1.165, 1.54) is 17.6 Å². The molecule has 0 bridgehead atoms. The zero-order valence-corrected chi connectivity index (χ0v) is 17.9. The van der Waals surface area contributed by atoms with Crippen LogP contribution < -0.4 is 10.2 Å². The van der Waals surface area contributed by atoms with Crippen LogP contribution in [0.3, 0.4) is 0 Å². The summed E-state index contributed by atoms with van der Waals surface area (Å²) in [4.78, 5) is 14.7. The summed E-state index contributed by atoms with van der Waals surface area (Å²) in [6, 6.07) is 21.7. The van der Waals surface area contributed by atoms with Crippen LogP contribution in [0.5, 0.6) is 5.75 Å². The first-order chi connectivity index (χ1) is 13.5. The third kappa shape index (κ3) is 5.47. The number of hydrogen-bond acceptors (Lipinski definition) is 4. The predicted molar refractivity (Wildman–Crippen MR) is 117 cm³/mol. The number of carbonyl (C=O) groups excluding carboxylic acids is 1. The first kappa shape index (κ1) is 20.2. The number of ether oxygens (including phenoxy) is 1. The standard InChI is InChI=1S/C22H19BrN2O2S/c1-15-3-8-18(9-4-15)28-19-10-5-16(6-11-19)14-24-25-22(26)20-13-17(23)7-12-21(20)27-2/h3-14H,1-2H3,(H,25,26)/b24-14-. The maximum Gasteiger partial charge on any atom is 0.275 e. The first-order valence-electron chi connectivity index (χ1n) is 8.56. The third-order valence-corrected chi connectivity index (χ3v) is 5.43. The van der Waals surface area contributed by atoms with E-state index in [0.717, 1.165) is 14.9 Å². The minimum Gasteiger partial charge on any atom is -0.496 e. The molecule has 4 nitrogen and oxygen atoms in total. The molecule has 1 N–H and O–H groups in total. The third-order valence-electron chi connectivity index (χ3n) is 3.92. The summed E-state index contributed by atoms with van der Waals surface area (Å²) >= 11 is 5.06. The predicted octanol–water partition coefficient (Wildman–Crippen LogP) is 5.68. The number of rotatable bonds is 6. The molecule has 1 amide bonds. The fraction of sp³-hybridized carbons (Fsp3) is 0.0909. The minimum atomic E-state index is -0.332. The van der Waals surface area contributed by atoms with Crippen molar-refractivity contribution in [2.75, 3.05) is 7.11 Å². The maximum atomic E-state index is 12.3. The molecule has 6 heteroatoms. The number of halogens is 1. The van der Waals surface area contributed by atoms with Crippen LogP contribution in [0.4, 0.5) is 0 Å². The summed E-state index contributed by atoms with van der Waals surface area (Å²) in [5.41, 5.74) is 5.10. The van der Waals surface area contributed by atoms with Gasteiger partial charge in [-0.15, -0.1) is 0 Å². The number of nitrogens with zero attached hydrogens (tertiary/aromatic N) is 1. The van der Waals surface area contributed by atoms with Gasteiger partial charge < -0.3 is 4.74 Å². The molecular formula is C22H19BrN2O2S. The van der Waals surface area contributed by atoms with E-state index in [1.807, 2.05) is 30.3 Å². The molecule has 28 heavy (non-hydrogen) atoms. The molecule has 0 aliphatic rings. The van der Waals surface area contributed by atoms with Crippen LogP contribution >= 0.6 is 27.7 Å². The Labute approximate surface area is 177 Å². The zero-order valence-electron chi connectivity index (χ0n) is 15.5. The van der Waals surface area contributed by atoms with Gasteiger partial charge in [0.05, 0.1) is 18.9 Å². The molecule has 0 aromatic heterocycles. The number of methoxy groups -OCH3 is 1. The maximum absolute atomic E-state index is 12.3. The number of nitrogens with one attached hydrogen (secondary N) is 1. The van der Waals surface area contributed by atoms with Crippen molar-refractivity contribution in [3.8, 4) is 5.75 Å². The second kappa shape index (κ2) is 9.57. The second-order valence-electron chi connectivity index (χ2n) is 6.03. The van der Waals surface area contributed by atoms with Crippen LogP contribution in [0.1, 0.15) is 21.5 Å². The van der Waals surface area contributed by atoms with Gasteiger partial charge in [0.1, 0.15) is 5.75 Å². The molecule has 0 aliphatic heterocycles.